The highest BCUT2D eigenvalue weighted by atomic mass is 35.5. The molecule has 0 aliphatic rings. The molecule has 0 aliphatic carbocycles. The number of aromatic nitrogens is 2. The molecule has 0 amide bonds. The van der Waals surface area contributed by atoms with Crippen molar-refractivity contribution in [2.75, 3.05) is 0 Å². The van der Waals surface area contributed by atoms with Crippen molar-refractivity contribution in [1.82, 2.24) is 9.38 Å². The van der Waals surface area contributed by atoms with Gasteiger partial charge in [0, 0.05) is 17.1 Å². The van der Waals surface area contributed by atoms with E-state index in [0.717, 1.165) is 16.3 Å². The van der Waals surface area contributed by atoms with Gasteiger partial charge in [-0.3, -0.25) is 9.20 Å². The van der Waals surface area contributed by atoms with E-state index in [2.05, 4.69) is 4.98 Å². The molecule has 0 aliphatic heterocycles. The summed E-state index contributed by atoms with van der Waals surface area (Å²) in [6.07, 6.45) is 1.72. The number of hydrogen-bond acceptors (Lipinski definition) is 2. The van der Waals surface area contributed by atoms with E-state index in [0.29, 0.717) is 11.3 Å². The molecule has 2 aromatic carbocycles. The second kappa shape index (κ2) is 4.97. The molecule has 3 nitrogen and oxygen atoms in total. The minimum absolute atomic E-state index is 0.138. The van der Waals surface area contributed by atoms with Crippen molar-refractivity contribution in [2.45, 2.75) is 0 Å². The van der Waals surface area contributed by atoms with Gasteiger partial charge in [-0.15, -0.1) is 0 Å². The van der Waals surface area contributed by atoms with Gasteiger partial charge in [0.05, 0.1) is 5.69 Å². The number of fused-ring (bicyclic) bond motifs is 3. The average Bonchev–Trinajstić information content (AvgIpc) is 2.58. The lowest BCUT2D eigenvalue weighted by molar-refractivity contribution is 1.06. The van der Waals surface area contributed by atoms with Crippen LogP contribution in [-0.2, 0) is 0 Å². The Bertz CT molecular complexity index is 1060. The Morgan fingerprint density at radius 2 is 1.64 bits per heavy atom. The maximum absolute atomic E-state index is 12.6. The molecule has 0 unspecified atom stereocenters. The van der Waals surface area contributed by atoms with E-state index in [-0.39, 0.29) is 10.6 Å². The molecule has 2 heterocycles. The fraction of sp³-hybridized carbons (Fsp3) is 0. The topological polar surface area (TPSA) is 34.4 Å². The van der Waals surface area contributed by atoms with Crippen LogP contribution in [0.4, 0.5) is 0 Å². The summed E-state index contributed by atoms with van der Waals surface area (Å²) >= 11 is 6.26. The zero-order valence-corrected chi connectivity index (χ0v) is 12.3. The molecule has 0 saturated heterocycles. The number of rotatable bonds is 1. The molecule has 106 valence electrons. The van der Waals surface area contributed by atoms with Crippen molar-refractivity contribution in [3.63, 3.8) is 0 Å². The van der Waals surface area contributed by atoms with Crippen molar-refractivity contribution in [3.8, 4) is 11.3 Å². The number of pyridine rings is 1. The third-order valence-electron chi connectivity index (χ3n) is 3.71. The van der Waals surface area contributed by atoms with E-state index >= 15 is 0 Å². The van der Waals surface area contributed by atoms with Crippen molar-refractivity contribution >= 4 is 28.0 Å². The summed E-state index contributed by atoms with van der Waals surface area (Å²) in [7, 11) is 0. The van der Waals surface area contributed by atoms with Crippen LogP contribution >= 0.6 is 11.6 Å². The average molecular weight is 307 g/mol. The zero-order valence-electron chi connectivity index (χ0n) is 11.5. The minimum Gasteiger partial charge on any atom is -0.267 e. The molecule has 0 saturated carbocycles. The maximum Gasteiger partial charge on any atom is 0.277 e. The Hall–Kier alpha value is -2.65. The fourth-order valence-electron chi connectivity index (χ4n) is 2.63. The van der Waals surface area contributed by atoms with Crippen molar-refractivity contribution in [1.29, 1.82) is 0 Å². The van der Waals surface area contributed by atoms with Gasteiger partial charge in [-0.1, -0.05) is 66.2 Å². The van der Waals surface area contributed by atoms with Gasteiger partial charge in [0.1, 0.15) is 10.7 Å². The smallest absolute Gasteiger partial charge is 0.267 e. The second-order valence-corrected chi connectivity index (χ2v) is 5.42. The number of nitrogens with zero attached hydrogens (tertiary/aromatic N) is 2. The van der Waals surface area contributed by atoms with Crippen molar-refractivity contribution < 1.29 is 0 Å². The summed E-state index contributed by atoms with van der Waals surface area (Å²) in [5.41, 5.74) is 1.71. The van der Waals surface area contributed by atoms with E-state index in [1.807, 2.05) is 60.7 Å². The lowest BCUT2D eigenvalue weighted by atomic mass is 10.1. The molecule has 22 heavy (non-hydrogen) atoms. The second-order valence-electron chi connectivity index (χ2n) is 5.04. The third-order valence-corrected chi connectivity index (χ3v) is 4.05. The molecule has 4 rings (SSSR count). The van der Waals surface area contributed by atoms with Crippen molar-refractivity contribution in [3.05, 3.63) is 82.2 Å². The molecule has 0 radical (unpaired) electrons. The van der Waals surface area contributed by atoms with Gasteiger partial charge in [0.25, 0.3) is 5.56 Å². The monoisotopic (exact) mass is 306 g/mol. The number of hydrogen-bond donors (Lipinski definition) is 0. The summed E-state index contributed by atoms with van der Waals surface area (Å²) in [6, 6.07) is 19.3. The lowest BCUT2D eigenvalue weighted by Gasteiger charge is -2.09. The van der Waals surface area contributed by atoms with Crippen molar-refractivity contribution in [2.24, 2.45) is 0 Å². The van der Waals surface area contributed by atoms with Gasteiger partial charge in [-0.05, 0) is 11.5 Å². The largest absolute Gasteiger partial charge is 0.277 e. The Morgan fingerprint density at radius 1 is 0.909 bits per heavy atom. The van der Waals surface area contributed by atoms with E-state index in [1.54, 1.807) is 6.20 Å². The van der Waals surface area contributed by atoms with Crippen LogP contribution in [0.3, 0.4) is 0 Å². The highest BCUT2D eigenvalue weighted by molar-refractivity contribution is 6.33. The first kappa shape index (κ1) is 13.0. The first-order chi connectivity index (χ1) is 10.8. The maximum atomic E-state index is 12.6. The number of benzene rings is 2. The summed E-state index contributed by atoms with van der Waals surface area (Å²) in [4.78, 5) is 17.2. The molecule has 0 atom stereocenters. The van der Waals surface area contributed by atoms with Crippen LogP contribution < -0.4 is 5.56 Å². The fourth-order valence-corrected chi connectivity index (χ4v) is 2.87. The first-order valence-electron chi connectivity index (χ1n) is 6.91. The van der Waals surface area contributed by atoms with E-state index in [4.69, 9.17) is 11.6 Å². The van der Waals surface area contributed by atoms with Gasteiger partial charge in [0.15, 0.2) is 0 Å². The molecule has 0 spiro atoms. The van der Waals surface area contributed by atoms with Gasteiger partial charge < -0.3 is 0 Å². The Labute approximate surface area is 131 Å². The summed E-state index contributed by atoms with van der Waals surface area (Å²) in [6.45, 7) is 0. The van der Waals surface area contributed by atoms with Crippen LogP contribution in [0, 0.1) is 0 Å². The summed E-state index contributed by atoms with van der Waals surface area (Å²) in [5, 5.41) is 2.10. The highest BCUT2D eigenvalue weighted by Crippen LogP contribution is 2.25. The molecular weight excluding hydrogens is 296 g/mol. The molecular formula is C18H11ClN2O. The molecule has 4 aromatic rings. The molecule has 0 fully saturated rings. The summed E-state index contributed by atoms with van der Waals surface area (Å²) < 4.78 is 1.50. The highest BCUT2D eigenvalue weighted by Gasteiger charge is 2.13. The molecule has 0 bridgehead atoms. The van der Waals surface area contributed by atoms with Gasteiger partial charge >= 0.3 is 0 Å². The predicted molar refractivity (Wildman–Crippen MR) is 89.4 cm³/mol. The van der Waals surface area contributed by atoms with Crippen LogP contribution in [0.2, 0.25) is 5.02 Å². The Kier molecular flexibility index (Phi) is 2.94. The van der Waals surface area contributed by atoms with Crippen LogP contribution in [0.15, 0.2) is 71.7 Å². The van der Waals surface area contributed by atoms with Crippen LogP contribution in [0.1, 0.15) is 0 Å². The number of halogens is 1. The Balaban J connectivity index is 2.18. The molecule has 4 heteroatoms. The Morgan fingerprint density at radius 3 is 2.45 bits per heavy atom. The normalized spacial score (nSPS) is 11.1. The zero-order chi connectivity index (χ0) is 15.1. The first-order valence-corrected chi connectivity index (χ1v) is 7.28. The van der Waals surface area contributed by atoms with Gasteiger partial charge in [-0.2, -0.15) is 0 Å². The lowest BCUT2D eigenvalue weighted by Crippen LogP contribution is -2.16. The summed E-state index contributed by atoms with van der Waals surface area (Å²) in [5.74, 6) is 0. The standard InChI is InChI=1S/C18H11ClN2O/c19-15-16(13-7-2-1-3-8-13)20-17-14-9-5-4-6-12(14)10-11-21(17)18(15)22/h1-11H. The minimum atomic E-state index is -0.253. The van der Waals surface area contributed by atoms with E-state index in [1.165, 1.54) is 4.40 Å². The van der Waals surface area contributed by atoms with Crippen LogP contribution in [-0.4, -0.2) is 9.38 Å². The van der Waals surface area contributed by atoms with Crippen LogP contribution in [0.5, 0.6) is 0 Å². The van der Waals surface area contributed by atoms with E-state index < -0.39 is 0 Å². The predicted octanol–water partition coefficient (Wildman–Crippen LogP) is 4.17. The van der Waals surface area contributed by atoms with Gasteiger partial charge in [0.2, 0.25) is 0 Å². The SMILES string of the molecule is O=c1c(Cl)c(-c2ccccc2)nc2c3ccccc3ccn12. The third kappa shape index (κ3) is 1.90. The van der Waals surface area contributed by atoms with E-state index in [9.17, 15) is 4.79 Å². The van der Waals surface area contributed by atoms with Crippen LogP contribution in [0.25, 0.3) is 27.7 Å². The quantitative estimate of drug-likeness (QED) is 0.495. The molecule has 0 N–H and O–H groups in total. The van der Waals surface area contributed by atoms with Gasteiger partial charge in [-0.25, -0.2) is 4.98 Å². The molecule has 2 aromatic heterocycles.